The number of aryl methyl sites for hydroxylation is 1. The average molecular weight is 303 g/mol. The number of piperidine rings is 1. The maximum Gasteiger partial charge on any atom is 0.225 e. The van der Waals surface area contributed by atoms with Crippen molar-refractivity contribution >= 4 is 5.95 Å². The molecule has 1 aromatic heterocycles. The van der Waals surface area contributed by atoms with Gasteiger partial charge in [0.2, 0.25) is 5.95 Å². The summed E-state index contributed by atoms with van der Waals surface area (Å²) in [7, 11) is 0. The Labute approximate surface area is 129 Å². The predicted octanol–water partition coefficient (Wildman–Crippen LogP) is 3.52. The van der Waals surface area contributed by atoms with Gasteiger partial charge in [0.15, 0.2) is 11.6 Å². The van der Waals surface area contributed by atoms with Crippen LogP contribution in [-0.2, 0) is 6.42 Å². The maximum absolute atomic E-state index is 13.2. The van der Waals surface area contributed by atoms with Gasteiger partial charge in [-0.2, -0.15) is 0 Å². The first-order chi connectivity index (χ1) is 10.6. The van der Waals surface area contributed by atoms with Crippen LogP contribution in [-0.4, -0.2) is 23.1 Å². The summed E-state index contributed by atoms with van der Waals surface area (Å²) in [5.74, 6) is -0.276. The van der Waals surface area contributed by atoms with Crippen LogP contribution in [0.1, 0.15) is 24.0 Å². The van der Waals surface area contributed by atoms with Crippen molar-refractivity contribution in [3.63, 3.8) is 0 Å². The van der Waals surface area contributed by atoms with Crippen LogP contribution in [0.3, 0.4) is 0 Å². The molecule has 1 aliphatic rings. The van der Waals surface area contributed by atoms with Crippen molar-refractivity contribution < 1.29 is 8.78 Å². The molecule has 0 unspecified atom stereocenters. The van der Waals surface area contributed by atoms with E-state index in [1.165, 1.54) is 12.1 Å². The number of hydrogen-bond acceptors (Lipinski definition) is 3. The van der Waals surface area contributed by atoms with Crippen molar-refractivity contribution in [1.29, 1.82) is 0 Å². The van der Waals surface area contributed by atoms with E-state index in [1.54, 1.807) is 6.07 Å². The van der Waals surface area contributed by atoms with E-state index in [2.05, 4.69) is 14.9 Å². The van der Waals surface area contributed by atoms with Crippen LogP contribution in [0.15, 0.2) is 30.6 Å². The third kappa shape index (κ3) is 3.40. The van der Waals surface area contributed by atoms with E-state index >= 15 is 0 Å². The van der Waals surface area contributed by atoms with Crippen molar-refractivity contribution in [2.24, 2.45) is 5.92 Å². The fraction of sp³-hybridized carbons (Fsp3) is 0.412. The minimum atomic E-state index is -0.782. The number of aromatic nitrogens is 2. The number of halogens is 2. The zero-order chi connectivity index (χ0) is 15.5. The molecule has 3 nitrogen and oxygen atoms in total. The lowest BCUT2D eigenvalue weighted by atomic mass is 9.90. The molecule has 2 aromatic rings. The lowest BCUT2D eigenvalue weighted by Crippen LogP contribution is -2.35. The van der Waals surface area contributed by atoms with E-state index < -0.39 is 11.6 Å². The largest absolute Gasteiger partial charge is 0.341 e. The summed E-state index contributed by atoms with van der Waals surface area (Å²) in [5.41, 5.74) is 1.92. The molecule has 0 spiro atoms. The van der Waals surface area contributed by atoms with E-state index in [4.69, 9.17) is 0 Å². The molecule has 0 bridgehead atoms. The fourth-order valence-electron chi connectivity index (χ4n) is 2.89. The molecule has 0 aliphatic carbocycles. The molecule has 1 saturated heterocycles. The minimum absolute atomic E-state index is 0.492. The average Bonchev–Trinajstić information content (AvgIpc) is 2.53. The number of hydrogen-bond donors (Lipinski definition) is 0. The quantitative estimate of drug-likeness (QED) is 0.868. The van der Waals surface area contributed by atoms with Gasteiger partial charge in [-0.1, -0.05) is 6.07 Å². The second-order valence-electron chi connectivity index (χ2n) is 5.94. The highest BCUT2D eigenvalue weighted by molar-refractivity contribution is 5.30. The number of rotatable bonds is 3. The summed E-state index contributed by atoms with van der Waals surface area (Å²) in [6, 6.07) is 4.19. The molecule has 5 heteroatoms. The molecule has 2 heterocycles. The molecular formula is C17H19F2N3. The van der Waals surface area contributed by atoms with Gasteiger partial charge in [0.1, 0.15) is 0 Å². The minimum Gasteiger partial charge on any atom is -0.341 e. The van der Waals surface area contributed by atoms with Gasteiger partial charge in [0.05, 0.1) is 0 Å². The first kappa shape index (κ1) is 14.9. The SMILES string of the molecule is Cc1cnc(N2CCC(Cc3ccc(F)c(F)c3)CC2)nc1. The molecule has 3 rings (SSSR count). The van der Waals surface area contributed by atoms with Crippen LogP contribution in [0.2, 0.25) is 0 Å². The number of benzene rings is 1. The molecule has 22 heavy (non-hydrogen) atoms. The second-order valence-corrected chi connectivity index (χ2v) is 5.94. The van der Waals surface area contributed by atoms with Gasteiger partial charge in [-0.3, -0.25) is 0 Å². The lowest BCUT2D eigenvalue weighted by Gasteiger charge is -2.32. The number of nitrogens with zero attached hydrogens (tertiary/aromatic N) is 3. The zero-order valence-corrected chi connectivity index (χ0v) is 12.6. The van der Waals surface area contributed by atoms with Crippen molar-refractivity contribution in [1.82, 2.24) is 9.97 Å². The van der Waals surface area contributed by atoms with Crippen LogP contribution in [0, 0.1) is 24.5 Å². The molecule has 0 amide bonds. The monoisotopic (exact) mass is 303 g/mol. The standard InChI is InChI=1S/C17H19F2N3/c1-12-10-20-17(21-11-12)22-6-4-13(5-7-22)8-14-2-3-15(18)16(19)9-14/h2-3,9-11,13H,4-8H2,1H3. The van der Waals surface area contributed by atoms with Crippen molar-refractivity contribution in [2.75, 3.05) is 18.0 Å². The van der Waals surface area contributed by atoms with Gasteiger partial charge < -0.3 is 4.90 Å². The topological polar surface area (TPSA) is 29.0 Å². The number of anilines is 1. The van der Waals surface area contributed by atoms with Gasteiger partial charge >= 0.3 is 0 Å². The highest BCUT2D eigenvalue weighted by Gasteiger charge is 2.21. The van der Waals surface area contributed by atoms with Crippen molar-refractivity contribution in [3.8, 4) is 0 Å². The molecular weight excluding hydrogens is 284 g/mol. The van der Waals surface area contributed by atoms with E-state index in [9.17, 15) is 8.78 Å². The summed E-state index contributed by atoms with van der Waals surface area (Å²) in [5, 5.41) is 0. The van der Waals surface area contributed by atoms with Crippen LogP contribution in [0.4, 0.5) is 14.7 Å². The zero-order valence-electron chi connectivity index (χ0n) is 12.6. The fourth-order valence-corrected chi connectivity index (χ4v) is 2.89. The first-order valence-electron chi connectivity index (χ1n) is 7.59. The van der Waals surface area contributed by atoms with Crippen LogP contribution >= 0.6 is 0 Å². The van der Waals surface area contributed by atoms with Gasteiger partial charge in [0, 0.05) is 25.5 Å². The Kier molecular flexibility index (Phi) is 4.32. The summed E-state index contributed by atoms with van der Waals surface area (Å²) < 4.78 is 26.2. The highest BCUT2D eigenvalue weighted by Crippen LogP contribution is 2.24. The molecule has 116 valence electrons. The van der Waals surface area contributed by atoms with Gasteiger partial charge in [-0.25, -0.2) is 18.7 Å². The second kappa shape index (κ2) is 6.38. The Hall–Kier alpha value is -2.04. The highest BCUT2D eigenvalue weighted by atomic mass is 19.2. The first-order valence-corrected chi connectivity index (χ1v) is 7.59. The molecule has 0 radical (unpaired) electrons. The maximum atomic E-state index is 13.2. The Morgan fingerprint density at radius 1 is 1.09 bits per heavy atom. The van der Waals surface area contributed by atoms with Crippen LogP contribution in [0.5, 0.6) is 0 Å². The third-order valence-corrected chi connectivity index (χ3v) is 4.17. The smallest absolute Gasteiger partial charge is 0.225 e. The summed E-state index contributed by atoms with van der Waals surface area (Å²) in [6.45, 7) is 3.77. The molecule has 0 atom stereocenters. The molecule has 1 aliphatic heterocycles. The van der Waals surface area contributed by atoms with Gasteiger partial charge in [-0.15, -0.1) is 0 Å². The Morgan fingerprint density at radius 3 is 2.41 bits per heavy atom. The molecule has 1 fully saturated rings. The van der Waals surface area contributed by atoms with E-state index in [1.807, 2.05) is 19.3 Å². The third-order valence-electron chi connectivity index (χ3n) is 4.17. The Morgan fingerprint density at radius 2 is 1.77 bits per heavy atom. The van der Waals surface area contributed by atoms with Crippen molar-refractivity contribution in [3.05, 3.63) is 53.4 Å². The normalized spacial score (nSPS) is 16.0. The summed E-state index contributed by atoms with van der Waals surface area (Å²) in [4.78, 5) is 10.9. The Balaban J connectivity index is 1.57. The van der Waals surface area contributed by atoms with E-state index in [0.29, 0.717) is 5.92 Å². The van der Waals surface area contributed by atoms with Crippen LogP contribution in [0.25, 0.3) is 0 Å². The van der Waals surface area contributed by atoms with Crippen molar-refractivity contribution in [2.45, 2.75) is 26.2 Å². The van der Waals surface area contributed by atoms with E-state index in [-0.39, 0.29) is 0 Å². The summed E-state index contributed by atoms with van der Waals surface area (Å²) in [6.07, 6.45) is 6.47. The summed E-state index contributed by atoms with van der Waals surface area (Å²) >= 11 is 0. The Bertz CT molecular complexity index is 635. The van der Waals surface area contributed by atoms with Gasteiger partial charge in [0.25, 0.3) is 0 Å². The van der Waals surface area contributed by atoms with E-state index in [0.717, 1.165) is 49.4 Å². The van der Waals surface area contributed by atoms with Gasteiger partial charge in [-0.05, 0) is 55.4 Å². The molecule has 0 N–H and O–H groups in total. The molecule has 1 aromatic carbocycles. The predicted molar refractivity (Wildman–Crippen MR) is 81.8 cm³/mol. The molecule has 0 saturated carbocycles. The van der Waals surface area contributed by atoms with Crippen LogP contribution < -0.4 is 4.90 Å². The lowest BCUT2D eigenvalue weighted by molar-refractivity contribution is 0.399.